The highest BCUT2D eigenvalue weighted by Crippen LogP contribution is 2.35. The van der Waals surface area contributed by atoms with Crippen molar-refractivity contribution in [2.75, 3.05) is 7.11 Å². The van der Waals surface area contributed by atoms with Crippen molar-refractivity contribution in [2.45, 2.75) is 13.8 Å². The van der Waals surface area contributed by atoms with Crippen LogP contribution in [0.2, 0.25) is 0 Å². The molecule has 3 nitrogen and oxygen atoms in total. The predicted octanol–water partition coefficient (Wildman–Crippen LogP) is 6.59. The molecular weight excluding hydrogens is 372 g/mol. The molecule has 0 radical (unpaired) electrons. The van der Waals surface area contributed by atoms with Crippen LogP contribution in [0.3, 0.4) is 0 Å². The van der Waals surface area contributed by atoms with Crippen LogP contribution >= 0.6 is 0 Å². The van der Waals surface area contributed by atoms with E-state index in [1.54, 1.807) is 24.3 Å². The fourth-order valence-corrected chi connectivity index (χ4v) is 3.19. The van der Waals surface area contributed by atoms with Gasteiger partial charge in [0.15, 0.2) is 0 Å². The van der Waals surface area contributed by atoms with Crippen molar-refractivity contribution in [3.05, 3.63) is 84.1 Å². The molecule has 4 aromatic rings. The number of methoxy groups -OCH3 is 1. The summed E-state index contributed by atoms with van der Waals surface area (Å²) in [7, 11) is 1.31. The van der Waals surface area contributed by atoms with Gasteiger partial charge in [0, 0.05) is 16.5 Å². The maximum atomic E-state index is 13.3. The Labute approximate surface area is 168 Å². The third-order valence-corrected chi connectivity index (χ3v) is 4.50. The van der Waals surface area contributed by atoms with E-state index in [1.807, 2.05) is 32.0 Å². The second kappa shape index (κ2) is 8.69. The average molecular weight is 393 g/mol. The molecular formula is C24H21F2NO2. The second-order valence-electron chi connectivity index (χ2n) is 6.14. The van der Waals surface area contributed by atoms with Gasteiger partial charge in [-0.15, -0.1) is 0 Å². The van der Waals surface area contributed by atoms with E-state index >= 15 is 0 Å². The van der Waals surface area contributed by atoms with E-state index in [0.29, 0.717) is 16.8 Å². The van der Waals surface area contributed by atoms with Gasteiger partial charge in [0.25, 0.3) is 0 Å². The molecule has 0 saturated carbocycles. The van der Waals surface area contributed by atoms with E-state index in [-0.39, 0.29) is 11.6 Å². The molecule has 4 rings (SSSR count). The first-order chi connectivity index (χ1) is 14.1. The molecule has 0 fully saturated rings. The smallest absolute Gasteiger partial charge is 0.355 e. The third kappa shape index (κ3) is 4.04. The Bertz CT molecular complexity index is 1130. The van der Waals surface area contributed by atoms with Gasteiger partial charge in [0.1, 0.15) is 17.3 Å². The number of aromatic amines is 1. The quantitative estimate of drug-likeness (QED) is 0.399. The van der Waals surface area contributed by atoms with E-state index in [2.05, 4.69) is 4.98 Å². The maximum Gasteiger partial charge on any atom is 0.355 e. The van der Waals surface area contributed by atoms with Crippen LogP contribution in [-0.2, 0) is 4.74 Å². The first kappa shape index (κ1) is 20.3. The molecule has 0 bridgehead atoms. The fraction of sp³-hybridized carbons (Fsp3) is 0.125. The highest BCUT2D eigenvalue weighted by atomic mass is 19.1. The standard InChI is InChI=1S/C22H15F2NO2.C2H6/c1-27-22(26)21-20(14-4-9-17(24)10-5-14)18-11-6-15(12-19(18)25-21)13-2-7-16(23)8-3-13;1-2/h2-12,25H,1H3;1-2H3. The molecule has 0 aliphatic heterocycles. The van der Waals surface area contributed by atoms with Gasteiger partial charge in [-0.2, -0.15) is 0 Å². The van der Waals surface area contributed by atoms with E-state index in [4.69, 9.17) is 4.74 Å². The van der Waals surface area contributed by atoms with Crippen LogP contribution in [0.5, 0.6) is 0 Å². The first-order valence-corrected chi connectivity index (χ1v) is 9.33. The zero-order valence-corrected chi connectivity index (χ0v) is 16.4. The van der Waals surface area contributed by atoms with Crippen molar-refractivity contribution in [1.82, 2.24) is 4.98 Å². The van der Waals surface area contributed by atoms with Gasteiger partial charge in [-0.05, 0) is 47.0 Å². The van der Waals surface area contributed by atoms with Gasteiger partial charge in [-0.1, -0.05) is 50.2 Å². The normalized spacial score (nSPS) is 10.4. The molecule has 1 N–H and O–H groups in total. The highest BCUT2D eigenvalue weighted by Gasteiger charge is 2.20. The van der Waals surface area contributed by atoms with E-state index in [0.717, 1.165) is 22.0 Å². The number of ether oxygens (including phenoxy) is 1. The molecule has 0 spiro atoms. The van der Waals surface area contributed by atoms with E-state index in [9.17, 15) is 13.6 Å². The minimum atomic E-state index is -0.506. The topological polar surface area (TPSA) is 42.1 Å². The molecule has 1 aromatic heterocycles. The Balaban J connectivity index is 0.00000117. The molecule has 0 amide bonds. The van der Waals surface area contributed by atoms with Crippen LogP contribution in [0.15, 0.2) is 66.7 Å². The molecule has 3 aromatic carbocycles. The summed E-state index contributed by atoms with van der Waals surface area (Å²) >= 11 is 0. The molecule has 148 valence electrons. The summed E-state index contributed by atoms with van der Waals surface area (Å²) < 4.78 is 31.4. The van der Waals surface area contributed by atoms with Crippen LogP contribution in [0.25, 0.3) is 33.2 Å². The van der Waals surface area contributed by atoms with Gasteiger partial charge in [0.05, 0.1) is 7.11 Å². The monoisotopic (exact) mass is 393 g/mol. The Morgan fingerprint density at radius 3 is 1.86 bits per heavy atom. The molecule has 0 atom stereocenters. The number of carbonyl (C=O) groups is 1. The molecule has 29 heavy (non-hydrogen) atoms. The van der Waals surface area contributed by atoms with Crippen molar-refractivity contribution in [1.29, 1.82) is 0 Å². The molecule has 5 heteroatoms. The average Bonchev–Trinajstić information content (AvgIpc) is 3.14. The van der Waals surface area contributed by atoms with Crippen LogP contribution in [0, 0.1) is 11.6 Å². The molecule has 0 unspecified atom stereocenters. The van der Waals surface area contributed by atoms with Crippen molar-refractivity contribution in [2.24, 2.45) is 0 Å². The van der Waals surface area contributed by atoms with Crippen molar-refractivity contribution < 1.29 is 18.3 Å². The minimum absolute atomic E-state index is 0.300. The number of hydrogen-bond acceptors (Lipinski definition) is 2. The molecule has 0 aliphatic rings. The second-order valence-corrected chi connectivity index (χ2v) is 6.14. The molecule has 0 aliphatic carbocycles. The lowest BCUT2D eigenvalue weighted by molar-refractivity contribution is 0.0596. The lowest BCUT2D eigenvalue weighted by Gasteiger charge is -2.05. The largest absolute Gasteiger partial charge is 0.464 e. The van der Waals surface area contributed by atoms with Gasteiger partial charge >= 0.3 is 5.97 Å². The number of benzene rings is 3. The van der Waals surface area contributed by atoms with Crippen molar-refractivity contribution >= 4 is 16.9 Å². The van der Waals surface area contributed by atoms with Crippen molar-refractivity contribution in [3.8, 4) is 22.3 Å². The number of H-pyrrole nitrogens is 1. The summed E-state index contributed by atoms with van der Waals surface area (Å²) in [5.41, 5.74) is 4.13. The Hall–Kier alpha value is -3.47. The van der Waals surface area contributed by atoms with Gasteiger partial charge in [-0.25, -0.2) is 13.6 Å². The van der Waals surface area contributed by atoms with Crippen molar-refractivity contribution in [3.63, 3.8) is 0 Å². The SMILES string of the molecule is CC.COC(=O)c1[nH]c2cc(-c3ccc(F)cc3)ccc2c1-c1ccc(F)cc1. The number of fused-ring (bicyclic) bond motifs is 1. The van der Waals surface area contributed by atoms with Crippen LogP contribution in [-0.4, -0.2) is 18.1 Å². The Morgan fingerprint density at radius 2 is 1.31 bits per heavy atom. The Morgan fingerprint density at radius 1 is 0.793 bits per heavy atom. The number of aromatic nitrogens is 1. The van der Waals surface area contributed by atoms with Crippen LogP contribution in [0.1, 0.15) is 24.3 Å². The van der Waals surface area contributed by atoms with Gasteiger partial charge in [-0.3, -0.25) is 0 Å². The number of nitrogens with one attached hydrogen (secondary N) is 1. The lowest BCUT2D eigenvalue weighted by atomic mass is 9.99. The predicted molar refractivity (Wildman–Crippen MR) is 112 cm³/mol. The first-order valence-electron chi connectivity index (χ1n) is 9.33. The lowest BCUT2D eigenvalue weighted by Crippen LogP contribution is -2.03. The fourth-order valence-electron chi connectivity index (χ4n) is 3.19. The number of rotatable bonds is 3. The summed E-state index contributed by atoms with van der Waals surface area (Å²) in [6, 6.07) is 17.8. The highest BCUT2D eigenvalue weighted by molar-refractivity contribution is 6.08. The number of halogens is 2. The number of hydrogen-bond donors (Lipinski definition) is 1. The molecule has 1 heterocycles. The summed E-state index contributed by atoms with van der Waals surface area (Å²) in [4.78, 5) is 15.4. The third-order valence-electron chi connectivity index (χ3n) is 4.50. The zero-order chi connectivity index (χ0) is 21.0. The van der Waals surface area contributed by atoms with Gasteiger partial charge < -0.3 is 9.72 Å². The Kier molecular flexibility index (Phi) is 6.07. The summed E-state index contributed by atoms with van der Waals surface area (Å²) in [6.07, 6.45) is 0. The van der Waals surface area contributed by atoms with E-state index in [1.165, 1.54) is 31.4 Å². The number of carbonyl (C=O) groups excluding carboxylic acids is 1. The molecule has 0 saturated heterocycles. The van der Waals surface area contributed by atoms with E-state index < -0.39 is 5.97 Å². The summed E-state index contributed by atoms with van der Waals surface area (Å²) in [5.74, 6) is -1.16. The minimum Gasteiger partial charge on any atom is -0.464 e. The van der Waals surface area contributed by atoms with Crippen LogP contribution < -0.4 is 0 Å². The van der Waals surface area contributed by atoms with Crippen LogP contribution in [0.4, 0.5) is 8.78 Å². The summed E-state index contributed by atoms with van der Waals surface area (Å²) in [5, 5.41) is 0.813. The summed E-state index contributed by atoms with van der Waals surface area (Å²) in [6.45, 7) is 4.00. The number of esters is 1. The van der Waals surface area contributed by atoms with Gasteiger partial charge in [0.2, 0.25) is 0 Å². The zero-order valence-electron chi connectivity index (χ0n) is 16.4. The maximum absolute atomic E-state index is 13.3.